The molecule has 0 aliphatic heterocycles. The number of carbonyl (C=O) groups excluding carboxylic acids is 1. The van der Waals surface area contributed by atoms with Gasteiger partial charge in [0.1, 0.15) is 0 Å². The van der Waals surface area contributed by atoms with E-state index in [1.54, 1.807) is 30.6 Å². The van der Waals surface area contributed by atoms with E-state index < -0.39 is 0 Å². The van der Waals surface area contributed by atoms with Crippen molar-refractivity contribution in [1.29, 1.82) is 0 Å². The predicted molar refractivity (Wildman–Crippen MR) is 68.3 cm³/mol. The van der Waals surface area contributed by atoms with Gasteiger partial charge in [-0.25, -0.2) is 0 Å². The van der Waals surface area contributed by atoms with E-state index in [0.717, 1.165) is 10.0 Å². The molecule has 0 radical (unpaired) electrons. The van der Waals surface area contributed by atoms with E-state index in [4.69, 9.17) is 5.73 Å². The topological polar surface area (TPSA) is 83.8 Å². The van der Waals surface area contributed by atoms with Gasteiger partial charge in [-0.1, -0.05) is 0 Å². The van der Waals surface area contributed by atoms with Crippen molar-refractivity contribution in [2.45, 2.75) is 6.54 Å². The Bertz CT molecular complexity index is 524. The molecule has 1 aromatic heterocycles. The van der Waals surface area contributed by atoms with Crippen molar-refractivity contribution in [3.8, 4) is 0 Å². The molecule has 0 bridgehead atoms. The van der Waals surface area contributed by atoms with Crippen LogP contribution in [0.4, 0.5) is 5.69 Å². The summed E-state index contributed by atoms with van der Waals surface area (Å²) in [4.78, 5) is 11.9. The second-order valence-corrected chi connectivity index (χ2v) is 4.38. The van der Waals surface area contributed by atoms with Crippen molar-refractivity contribution in [2.24, 2.45) is 0 Å². The zero-order valence-corrected chi connectivity index (χ0v) is 10.5. The lowest BCUT2D eigenvalue weighted by Gasteiger charge is -2.06. The van der Waals surface area contributed by atoms with E-state index in [-0.39, 0.29) is 5.91 Å². The summed E-state index contributed by atoms with van der Waals surface area (Å²) in [6.07, 6.45) is 3.39. The summed E-state index contributed by atoms with van der Waals surface area (Å²) in [5.74, 6) is -0.176. The van der Waals surface area contributed by atoms with Crippen molar-refractivity contribution in [2.75, 3.05) is 5.73 Å². The van der Waals surface area contributed by atoms with E-state index >= 15 is 0 Å². The molecule has 0 saturated carbocycles. The Morgan fingerprint density at radius 2 is 2.35 bits per heavy atom. The monoisotopic (exact) mass is 294 g/mol. The van der Waals surface area contributed by atoms with E-state index in [1.807, 2.05) is 0 Å². The summed E-state index contributed by atoms with van der Waals surface area (Å²) in [7, 11) is 0. The number of nitrogens with one attached hydrogen (secondary N) is 2. The number of nitrogens with two attached hydrogens (primary N) is 1. The van der Waals surface area contributed by atoms with Crippen molar-refractivity contribution in [1.82, 2.24) is 15.5 Å². The highest BCUT2D eigenvalue weighted by Gasteiger charge is 2.10. The Morgan fingerprint density at radius 1 is 1.53 bits per heavy atom. The van der Waals surface area contributed by atoms with E-state index in [0.29, 0.717) is 17.8 Å². The summed E-state index contributed by atoms with van der Waals surface area (Å²) in [5, 5.41) is 9.27. The van der Waals surface area contributed by atoms with E-state index in [2.05, 4.69) is 31.4 Å². The van der Waals surface area contributed by atoms with Crippen molar-refractivity contribution < 1.29 is 4.79 Å². The molecule has 6 heteroatoms. The third-order valence-corrected chi connectivity index (χ3v) is 2.93. The van der Waals surface area contributed by atoms with Gasteiger partial charge >= 0.3 is 0 Å². The number of aromatic amines is 1. The Kier molecular flexibility index (Phi) is 3.43. The minimum atomic E-state index is -0.176. The Hall–Kier alpha value is -1.82. The summed E-state index contributed by atoms with van der Waals surface area (Å²) in [6.45, 7) is 0.427. The molecule has 0 atom stereocenters. The number of halogens is 1. The molecular formula is C11H11BrN4O. The van der Waals surface area contributed by atoms with Crippen LogP contribution in [0.2, 0.25) is 0 Å². The second-order valence-electron chi connectivity index (χ2n) is 3.53. The number of anilines is 1. The van der Waals surface area contributed by atoms with Gasteiger partial charge in [-0.2, -0.15) is 5.10 Å². The van der Waals surface area contributed by atoms with Gasteiger partial charge in [-0.3, -0.25) is 9.89 Å². The normalized spacial score (nSPS) is 10.2. The molecule has 4 N–H and O–H groups in total. The lowest BCUT2D eigenvalue weighted by Crippen LogP contribution is -2.23. The first-order chi connectivity index (χ1) is 8.16. The quantitative estimate of drug-likeness (QED) is 0.753. The van der Waals surface area contributed by atoms with Crippen LogP contribution in [-0.2, 0) is 6.54 Å². The summed E-state index contributed by atoms with van der Waals surface area (Å²) in [6, 6.07) is 5.12. The molecule has 0 fully saturated rings. The molecule has 88 valence electrons. The first-order valence-electron chi connectivity index (χ1n) is 4.97. The Morgan fingerprint density at radius 3 is 3.06 bits per heavy atom. The summed E-state index contributed by atoms with van der Waals surface area (Å²) in [5.41, 5.74) is 7.63. The van der Waals surface area contributed by atoms with Crippen LogP contribution >= 0.6 is 15.9 Å². The van der Waals surface area contributed by atoms with Gasteiger partial charge in [-0.05, 0) is 34.1 Å². The molecule has 1 amide bonds. The van der Waals surface area contributed by atoms with Crippen LogP contribution in [0.3, 0.4) is 0 Å². The Balaban J connectivity index is 2.07. The fourth-order valence-electron chi connectivity index (χ4n) is 1.37. The van der Waals surface area contributed by atoms with Crippen LogP contribution < -0.4 is 11.1 Å². The molecule has 2 rings (SSSR count). The maximum Gasteiger partial charge on any atom is 0.252 e. The van der Waals surface area contributed by atoms with Crippen LogP contribution in [0.15, 0.2) is 35.1 Å². The van der Waals surface area contributed by atoms with Crippen LogP contribution in [0.5, 0.6) is 0 Å². The third kappa shape index (κ3) is 2.85. The average molecular weight is 295 g/mol. The summed E-state index contributed by atoms with van der Waals surface area (Å²) < 4.78 is 0.719. The largest absolute Gasteiger partial charge is 0.399 e. The number of aromatic nitrogens is 2. The number of rotatable bonds is 3. The lowest BCUT2D eigenvalue weighted by atomic mass is 10.2. The van der Waals surface area contributed by atoms with Crippen molar-refractivity contribution in [3.05, 3.63) is 46.2 Å². The molecule has 0 aliphatic carbocycles. The molecule has 0 aliphatic rings. The predicted octanol–water partition coefficient (Wildman–Crippen LogP) is 1.68. The highest BCUT2D eigenvalue weighted by Crippen LogP contribution is 2.19. The van der Waals surface area contributed by atoms with Crippen LogP contribution in [0, 0.1) is 0 Å². The smallest absolute Gasteiger partial charge is 0.252 e. The van der Waals surface area contributed by atoms with Crippen LogP contribution in [0.1, 0.15) is 15.9 Å². The van der Waals surface area contributed by atoms with Gasteiger partial charge in [0.25, 0.3) is 5.91 Å². The van der Waals surface area contributed by atoms with Gasteiger partial charge in [0.2, 0.25) is 0 Å². The molecule has 0 saturated heterocycles. The zero-order valence-electron chi connectivity index (χ0n) is 8.90. The number of nitrogen functional groups attached to an aromatic ring is 1. The van der Waals surface area contributed by atoms with Gasteiger partial charge in [0.15, 0.2) is 0 Å². The van der Waals surface area contributed by atoms with Crippen LogP contribution in [-0.4, -0.2) is 16.1 Å². The molecular weight excluding hydrogens is 284 g/mol. The van der Waals surface area contributed by atoms with Gasteiger partial charge < -0.3 is 11.1 Å². The standard InChI is InChI=1S/C11H11BrN4O/c12-10-2-1-8(13)3-9(10)11(17)14-4-7-5-15-16-6-7/h1-3,5-6H,4,13H2,(H,14,17)(H,15,16). The SMILES string of the molecule is Nc1ccc(Br)c(C(=O)NCc2cn[nH]c2)c1. The second kappa shape index (κ2) is 5.01. The van der Waals surface area contributed by atoms with Gasteiger partial charge in [0.05, 0.1) is 11.8 Å². The number of nitrogens with zero attached hydrogens (tertiary/aromatic N) is 1. The first-order valence-corrected chi connectivity index (χ1v) is 5.77. The maximum atomic E-state index is 11.9. The molecule has 17 heavy (non-hydrogen) atoms. The first kappa shape index (κ1) is 11.7. The molecule has 0 unspecified atom stereocenters. The number of hydrogen-bond donors (Lipinski definition) is 3. The van der Waals surface area contributed by atoms with Gasteiger partial charge in [0, 0.05) is 28.5 Å². The molecule has 0 spiro atoms. The number of benzene rings is 1. The number of amides is 1. The number of carbonyl (C=O) groups is 1. The molecule has 1 heterocycles. The molecule has 1 aromatic carbocycles. The highest BCUT2D eigenvalue weighted by atomic mass is 79.9. The number of hydrogen-bond acceptors (Lipinski definition) is 3. The maximum absolute atomic E-state index is 11.9. The summed E-state index contributed by atoms with van der Waals surface area (Å²) >= 11 is 3.31. The lowest BCUT2D eigenvalue weighted by molar-refractivity contribution is 0.0950. The fourth-order valence-corrected chi connectivity index (χ4v) is 1.80. The average Bonchev–Trinajstić information content (AvgIpc) is 2.82. The van der Waals surface area contributed by atoms with Crippen molar-refractivity contribution >= 4 is 27.5 Å². The highest BCUT2D eigenvalue weighted by molar-refractivity contribution is 9.10. The van der Waals surface area contributed by atoms with E-state index in [1.165, 1.54) is 0 Å². The molecule has 2 aromatic rings. The minimum absolute atomic E-state index is 0.176. The van der Waals surface area contributed by atoms with E-state index in [9.17, 15) is 4.79 Å². The number of H-pyrrole nitrogens is 1. The van der Waals surface area contributed by atoms with Crippen LogP contribution in [0.25, 0.3) is 0 Å². The zero-order chi connectivity index (χ0) is 12.3. The van der Waals surface area contributed by atoms with Gasteiger partial charge in [-0.15, -0.1) is 0 Å². The minimum Gasteiger partial charge on any atom is -0.399 e. The van der Waals surface area contributed by atoms with Crippen molar-refractivity contribution in [3.63, 3.8) is 0 Å². The third-order valence-electron chi connectivity index (χ3n) is 2.24. The fraction of sp³-hybridized carbons (Fsp3) is 0.0909. The molecule has 5 nitrogen and oxygen atoms in total. The Labute approximate surface area is 107 Å².